The normalized spacial score (nSPS) is 12.3. The van der Waals surface area contributed by atoms with Gasteiger partial charge in [0.05, 0.1) is 10.7 Å². The van der Waals surface area contributed by atoms with Crippen LogP contribution < -0.4 is 20.7 Å². The number of nitrogens with zero attached hydrogens (tertiary/aromatic N) is 2. The number of aliphatic carboxylic acids is 1. The highest BCUT2D eigenvalue weighted by Gasteiger charge is 2.35. The fourth-order valence-electron chi connectivity index (χ4n) is 3.26. The smallest absolute Gasteiger partial charge is 0.431 e. The summed E-state index contributed by atoms with van der Waals surface area (Å²) in [7, 11) is 0.805. The van der Waals surface area contributed by atoms with Gasteiger partial charge in [0, 0.05) is 19.2 Å². The van der Waals surface area contributed by atoms with Crippen molar-refractivity contribution >= 4 is 17.6 Å². The Hall–Kier alpha value is -3.80. The van der Waals surface area contributed by atoms with Crippen molar-refractivity contribution in [2.24, 2.45) is 7.05 Å². The zero-order valence-electron chi connectivity index (χ0n) is 19.0. The van der Waals surface area contributed by atoms with Crippen molar-refractivity contribution in [3.05, 3.63) is 84.9 Å². The number of carboxylic acids is 1. The fraction of sp³-hybridized carbons (Fsp3) is 0.261. The molecule has 0 radical (unpaired) electrons. The van der Waals surface area contributed by atoms with Gasteiger partial charge in [-0.1, -0.05) is 17.7 Å². The quantitative estimate of drug-likeness (QED) is 0.462. The molecular formula is C23H19ClF4N2O6. The summed E-state index contributed by atoms with van der Waals surface area (Å²) in [6.07, 6.45) is -6.04. The molecule has 3 aromatic rings. The summed E-state index contributed by atoms with van der Waals surface area (Å²) >= 11 is 6.03. The summed E-state index contributed by atoms with van der Waals surface area (Å²) in [5, 5.41) is 8.76. The number of benzene rings is 2. The summed E-state index contributed by atoms with van der Waals surface area (Å²) in [5.41, 5.74) is -3.73. The predicted octanol–water partition coefficient (Wildman–Crippen LogP) is 4.09. The van der Waals surface area contributed by atoms with E-state index in [9.17, 15) is 31.9 Å². The Labute approximate surface area is 205 Å². The third-order valence-corrected chi connectivity index (χ3v) is 5.43. The number of carbonyl (C=O) groups is 1. The zero-order chi connectivity index (χ0) is 26.9. The molecule has 1 atom stereocenters. The van der Waals surface area contributed by atoms with Gasteiger partial charge >= 0.3 is 17.8 Å². The van der Waals surface area contributed by atoms with Gasteiger partial charge in [0.25, 0.3) is 5.56 Å². The van der Waals surface area contributed by atoms with Crippen LogP contribution in [-0.2, 0) is 24.6 Å². The average molecular weight is 531 g/mol. The topological polar surface area (TPSA) is 99.8 Å². The Morgan fingerprint density at radius 3 is 2.39 bits per heavy atom. The second-order valence-corrected chi connectivity index (χ2v) is 8.17. The Morgan fingerprint density at radius 2 is 1.81 bits per heavy atom. The molecule has 0 aliphatic carbocycles. The third kappa shape index (κ3) is 5.54. The van der Waals surface area contributed by atoms with Crippen LogP contribution in [0.4, 0.5) is 17.6 Å². The van der Waals surface area contributed by atoms with E-state index in [2.05, 4.69) is 0 Å². The van der Waals surface area contributed by atoms with Gasteiger partial charge in [-0.05, 0) is 43.2 Å². The van der Waals surface area contributed by atoms with Crippen molar-refractivity contribution in [1.29, 1.82) is 0 Å². The number of hydrogen-bond donors (Lipinski definition) is 1. The highest BCUT2D eigenvalue weighted by Crippen LogP contribution is 2.31. The molecule has 0 spiro atoms. The van der Waals surface area contributed by atoms with Crippen LogP contribution in [0.3, 0.4) is 0 Å². The first-order chi connectivity index (χ1) is 16.7. The maximum atomic E-state index is 14.6. The summed E-state index contributed by atoms with van der Waals surface area (Å²) < 4.78 is 65.3. The number of alkyl halides is 3. The van der Waals surface area contributed by atoms with Crippen LogP contribution in [0, 0.1) is 12.7 Å². The first kappa shape index (κ1) is 26.8. The number of ether oxygens (including phenoxy) is 2. The molecule has 192 valence electrons. The first-order valence-electron chi connectivity index (χ1n) is 10.2. The highest BCUT2D eigenvalue weighted by atomic mass is 35.5. The van der Waals surface area contributed by atoms with E-state index in [1.165, 1.54) is 13.0 Å². The van der Waals surface area contributed by atoms with E-state index in [1.807, 2.05) is 0 Å². The van der Waals surface area contributed by atoms with Gasteiger partial charge < -0.3 is 14.6 Å². The van der Waals surface area contributed by atoms with Crippen molar-refractivity contribution in [2.75, 3.05) is 0 Å². The van der Waals surface area contributed by atoms with Gasteiger partial charge in [0.15, 0.2) is 6.10 Å². The van der Waals surface area contributed by atoms with Gasteiger partial charge in [-0.15, -0.1) is 0 Å². The highest BCUT2D eigenvalue weighted by molar-refractivity contribution is 6.32. The van der Waals surface area contributed by atoms with E-state index >= 15 is 0 Å². The molecule has 1 N–H and O–H groups in total. The van der Waals surface area contributed by atoms with Gasteiger partial charge in [0.1, 0.15) is 29.6 Å². The molecule has 0 aliphatic rings. The molecule has 0 saturated carbocycles. The van der Waals surface area contributed by atoms with Gasteiger partial charge in [0.2, 0.25) is 0 Å². The van der Waals surface area contributed by atoms with Crippen molar-refractivity contribution < 1.29 is 36.9 Å². The Morgan fingerprint density at radius 1 is 1.14 bits per heavy atom. The molecule has 1 unspecified atom stereocenters. The zero-order valence-corrected chi connectivity index (χ0v) is 19.8. The molecule has 0 amide bonds. The molecule has 0 aliphatic heterocycles. The Balaban J connectivity index is 1.93. The standard InChI is InChI=1S/C23H19ClF4N2O6/c1-11-6-13(4-5-17(11)36-12(2)21(32)33)10-35-18-8-16(15(25)7-14(18)24)30-20(31)9-19(23(26,27)28)29(3)22(30)34/h4-9,12H,10H2,1-3H3,(H,32,33). The minimum absolute atomic E-state index is 0.111. The minimum Gasteiger partial charge on any atom is -0.487 e. The van der Waals surface area contributed by atoms with Crippen LogP contribution in [0.1, 0.15) is 23.7 Å². The van der Waals surface area contributed by atoms with Crippen molar-refractivity contribution in [3.63, 3.8) is 0 Å². The van der Waals surface area contributed by atoms with Crippen LogP contribution >= 0.6 is 11.6 Å². The molecule has 36 heavy (non-hydrogen) atoms. The molecule has 0 fully saturated rings. The van der Waals surface area contributed by atoms with Gasteiger partial charge in [-0.25, -0.2) is 18.5 Å². The number of carboxylic acid groups (broad SMARTS) is 1. The molecule has 1 heterocycles. The SMILES string of the molecule is Cc1cc(COc2cc(-n3c(=O)cc(C(F)(F)F)n(C)c3=O)c(F)cc2Cl)ccc1OC(C)C(=O)O. The largest absolute Gasteiger partial charge is 0.487 e. The Bertz CT molecular complexity index is 1450. The van der Waals surface area contributed by atoms with E-state index < -0.39 is 46.7 Å². The summed E-state index contributed by atoms with van der Waals surface area (Å²) in [6.45, 7) is 2.95. The van der Waals surface area contributed by atoms with Crippen molar-refractivity contribution in [2.45, 2.75) is 32.7 Å². The van der Waals surface area contributed by atoms with Crippen LogP contribution in [-0.4, -0.2) is 26.3 Å². The lowest BCUT2D eigenvalue weighted by Crippen LogP contribution is -2.41. The molecule has 0 saturated heterocycles. The second kappa shape index (κ2) is 10.1. The number of aromatic nitrogens is 2. The fourth-order valence-corrected chi connectivity index (χ4v) is 3.46. The molecule has 2 aromatic carbocycles. The average Bonchev–Trinajstić information content (AvgIpc) is 2.77. The van der Waals surface area contributed by atoms with Gasteiger partial charge in [-0.3, -0.25) is 9.36 Å². The van der Waals surface area contributed by atoms with Crippen molar-refractivity contribution in [3.8, 4) is 17.2 Å². The van der Waals surface area contributed by atoms with Crippen LogP contribution in [0.25, 0.3) is 5.69 Å². The maximum absolute atomic E-state index is 14.6. The number of aryl methyl sites for hydroxylation is 1. The number of rotatable bonds is 7. The lowest BCUT2D eigenvalue weighted by molar-refractivity contribution is -0.144. The number of hydrogen-bond acceptors (Lipinski definition) is 5. The van der Waals surface area contributed by atoms with E-state index in [0.717, 1.165) is 19.2 Å². The van der Waals surface area contributed by atoms with Crippen LogP contribution in [0.5, 0.6) is 11.5 Å². The molecule has 3 rings (SSSR count). The predicted molar refractivity (Wildman–Crippen MR) is 120 cm³/mol. The third-order valence-electron chi connectivity index (χ3n) is 5.14. The first-order valence-corrected chi connectivity index (χ1v) is 10.6. The number of halogens is 5. The van der Waals surface area contributed by atoms with Crippen molar-refractivity contribution in [1.82, 2.24) is 9.13 Å². The second-order valence-electron chi connectivity index (χ2n) is 7.76. The van der Waals surface area contributed by atoms with E-state index in [4.69, 9.17) is 26.2 Å². The van der Waals surface area contributed by atoms with Crippen LogP contribution in [0.15, 0.2) is 46.0 Å². The maximum Gasteiger partial charge on any atom is 0.431 e. The summed E-state index contributed by atoms with van der Waals surface area (Å²) in [6, 6.07) is 6.67. The monoisotopic (exact) mass is 530 g/mol. The van der Waals surface area contributed by atoms with E-state index in [1.54, 1.807) is 19.1 Å². The lowest BCUT2D eigenvalue weighted by atomic mass is 10.1. The van der Waals surface area contributed by atoms with E-state index in [0.29, 0.717) is 16.9 Å². The lowest BCUT2D eigenvalue weighted by Gasteiger charge is -2.16. The molecule has 1 aromatic heterocycles. The molecule has 13 heteroatoms. The minimum atomic E-state index is -4.97. The molecular weight excluding hydrogens is 512 g/mol. The molecule has 0 bridgehead atoms. The van der Waals surface area contributed by atoms with Gasteiger partial charge in [-0.2, -0.15) is 13.2 Å². The van der Waals surface area contributed by atoms with E-state index in [-0.39, 0.29) is 32.6 Å². The summed E-state index contributed by atoms with van der Waals surface area (Å²) in [5.74, 6) is -2.06. The van der Waals surface area contributed by atoms with Crippen LogP contribution in [0.2, 0.25) is 5.02 Å². The molecule has 8 nitrogen and oxygen atoms in total. The summed E-state index contributed by atoms with van der Waals surface area (Å²) in [4.78, 5) is 35.8. The Kier molecular flexibility index (Phi) is 7.48.